The maximum atomic E-state index is 10.6. The van der Waals surface area contributed by atoms with Gasteiger partial charge in [0.1, 0.15) is 0 Å². The summed E-state index contributed by atoms with van der Waals surface area (Å²) in [6.07, 6.45) is 0.649. The van der Waals surface area contributed by atoms with Crippen LogP contribution in [0.1, 0.15) is 87.8 Å². The van der Waals surface area contributed by atoms with Gasteiger partial charge in [-0.05, 0) is 47.1 Å². The summed E-state index contributed by atoms with van der Waals surface area (Å²) in [6.45, 7) is 6.30. The maximum absolute atomic E-state index is 10.6. The van der Waals surface area contributed by atoms with Crippen LogP contribution in [0.4, 0.5) is 0 Å². The first kappa shape index (κ1) is 51.3. The van der Waals surface area contributed by atoms with Crippen molar-refractivity contribution in [2.45, 2.75) is 77.6 Å². The van der Waals surface area contributed by atoms with E-state index in [1.165, 1.54) is 0 Å². The molecule has 0 bridgehead atoms. The topological polar surface area (TPSA) is 261 Å². The van der Waals surface area contributed by atoms with Crippen molar-refractivity contribution in [3.63, 3.8) is 0 Å². The molecule has 0 heterocycles. The van der Waals surface area contributed by atoms with Gasteiger partial charge in [0.25, 0.3) is 0 Å². The largest absolute Gasteiger partial charge is 1.00 e. The fraction of sp³-hybridized carbons (Fsp3) is 0.324. The molecule has 14 nitrogen and oxygen atoms in total. The van der Waals surface area contributed by atoms with Crippen LogP contribution in [0.2, 0.25) is 0 Å². The second-order valence-electron chi connectivity index (χ2n) is 11.5. The molecule has 3 aromatic carbocycles. The maximum Gasteiger partial charge on any atom is 1.00 e. The Labute approximate surface area is 325 Å². The standard InChI is InChI=1S/C11H14O2.2C8H8O2.C6H10O4.C4H6O4.Na.H/c1-11(2,3)9-6-4-8(5-7-9)10(12)13;2*9-8(10)6-7-4-2-1-3-5-7;7-5(8)3-1-2-4-6(9)10;5-3(6)1-2-4(7)8;;/h4-7H,1-3H3,(H,12,13);2*1-5H,6H2,(H,9,10);1-4H2,(H,7,8)(H,9,10);1-2H2,(H,5,6)(H,7,8);;/q;;;;;+1;-1. The number of aromatic carboxylic acids is 1. The van der Waals surface area contributed by atoms with E-state index >= 15 is 0 Å². The summed E-state index contributed by atoms with van der Waals surface area (Å²) in [5.74, 6) is -6.34. The Morgan fingerprint density at radius 3 is 1.00 bits per heavy atom. The number of hydrogen-bond acceptors (Lipinski definition) is 7. The normalized spacial score (nSPS) is 9.44. The first-order chi connectivity index (χ1) is 23.7. The van der Waals surface area contributed by atoms with Gasteiger partial charge in [0.2, 0.25) is 0 Å². The molecular weight excluding hydrogens is 691 g/mol. The average molecular weight is 739 g/mol. The zero-order valence-electron chi connectivity index (χ0n) is 30.7. The molecule has 0 aliphatic rings. The second kappa shape index (κ2) is 29.7. The molecular formula is C37H47NaO14. The molecule has 15 heteroatoms. The molecule has 52 heavy (non-hydrogen) atoms. The van der Waals surface area contributed by atoms with Crippen LogP contribution in [0.5, 0.6) is 0 Å². The summed E-state index contributed by atoms with van der Waals surface area (Å²) in [4.78, 5) is 70.0. The van der Waals surface area contributed by atoms with Gasteiger partial charge in [-0.3, -0.25) is 28.8 Å². The molecule has 280 valence electrons. The number of hydrogen-bond donors (Lipinski definition) is 7. The Bertz CT molecular complexity index is 1430. The molecule has 0 amide bonds. The minimum Gasteiger partial charge on any atom is -1.00 e. The quantitative estimate of drug-likeness (QED) is 0.0982. The van der Waals surface area contributed by atoms with E-state index in [-0.39, 0.29) is 74.9 Å². The first-order valence-electron chi connectivity index (χ1n) is 15.5. The second-order valence-corrected chi connectivity index (χ2v) is 11.5. The third kappa shape index (κ3) is 33.4. The summed E-state index contributed by atoms with van der Waals surface area (Å²) >= 11 is 0. The summed E-state index contributed by atoms with van der Waals surface area (Å²) in [5, 5.41) is 57.5. The van der Waals surface area contributed by atoms with Crippen LogP contribution in [0.3, 0.4) is 0 Å². The van der Waals surface area contributed by atoms with Crippen molar-refractivity contribution in [2.75, 3.05) is 0 Å². The summed E-state index contributed by atoms with van der Waals surface area (Å²) in [6, 6.07) is 25.3. The molecule has 0 spiro atoms. The number of rotatable bonds is 13. The van der Waals surface area contributed by atoms with Gasteiger partial charge in [-0.15, -0.1) is 0 Å². The van der Waals surface area contributed by atoms with Gasteiger partial charge in [0, 0.05) is 12.8 Å². The van der Waals surface area contributed by atoms with E-state index in [2.05, 4.69) is 20.8 Å². The molecule has 7 N–H and O–H groups in total. The fourth-order valence-electron chi connectivity index (χ4n) is 3.42. The molecule has 0 aliphatic heterocycles. The van der Waals surface area contributed by atoms with Crippen LogP contribution < -0.4 is 29.6 Å². The van der Waals surface area contributed by atoms with Gasteiger partial charge in [0.05, 0.1) is 31.2 Å². The Kier molecular flexibility index (Phi) is 29.3. The Balaban J connectivity index is -0.000000283. The van der Waals surface area contributed by atoms with Crippen molar-refractivity contribution in [3.8, 4) is 0 Å². The minimum absolute atomic E-state index is 0. The van der Waals surface area contributed by atoms with Crippen LogP contribution in [0.15, 0.2) is 84.9 Å². The van der Waals surface area contributed by atoms with E-state index in [4.69, 9.17) is 35.7 Å². The van der Waals surface area contributed by atoms with Crippen LogP contribution >= 0.6 is 0 Å². The van der Waals surface area contributed by atoms with Crippen molar-refractivity contribution < 1.29 is 100 Å². The van der Waals surface area contributed by atoms with Crippen molar-refractivity contribution in [1.82, 2.24) is 0 Å². The van der Waals surface area contributed by atoms with E-state index in [0.717, 1.165) is 16.7 Å². The fourth-order valence-corrected chi connectivity index (χ4v) is 3.42. The smallest absolute Gasteiger partial charge is 1.00 e. The van der Waals surface area contributed by atoms with Crippen molar-refractivity contribution in [2.24, 2.45) is 0 Å². The van der Waals surface area contributed by atoms with Crippen LogP contribution in [-0.2, 0) is 47.0 Å². The van der Waals surface area contributed by atoms with E-state index in [0.29, 0.717) is 18.4 Å². The summed E-state index contributed by atoms with van der Waals surface area (Å²) in [7, 11) is 0. The van der Waals surface area contributed by atoms with Crippen LogP contribution in [0, 0.1) is 0 Å². The van der Waals surface area contributed by atoms with E-state index in [1.54, 1.807) is 36.4 Å². The third-order valence-electron chi connectivity index (χ3n) is 5.98. The zero-order valence-corrected chi connectivity index (χ0v) is 31.7. The molecule has 0 aliphatic carbocycles. The number of carboxylic acid groups (broad SMARTS) is 7. The van der Waals surface area contributed by atoms with Gasteiger partial charge >= 0.3 is 71.3 Å². The van der Waals surface area contributed by atoms with Gasteiger partial charge in [-0.2, -0.15) is 0 Å². The zero-order chi connectivity index (χ0) is 39.4. The predicted molar refractivity (Wildman–Crippen MR) is 187 cm³/mol. The van der Waals surface area contributed by atoms with Gasteiger partial charge in [0.15, 0.2) is 0 Å². The first-order valence-corrected chi connectivity index (χ1v) is 15.5. The number of aliphatic carboxylic acids is 6. The molecule has 0 saturated carbocycles. The molecule has 0 unspecified atom stereocenters. The number of benzene rings is 3. The number of unbranched alkanes of at least 4 members (excludes halogenated alkanes) is 1. The monoisotopic (exact) mass is 738 g/mol. The molecule has 0 atom stereocenters. The van der Waals surface area contributed by atoms with E-state index in [1.807, 2.05) is 48.5 Å². The predicted octanol–water partition coefficient (Wildman–Crippen LogP) is 3.08. The molecule has 0 saturated heterocycles. The van der Waals surface area contributed by atoms with Crippen molar-refractivity contribution in [1.29, 1.82) is 0 Å². The average Bonchev–Trinajstić information content (AvgIpc) is 3.03. The Morgan fingerprint density at radius 1 is 0.462 bits per heavy atom. The molecule has 3 aromatic rings. The number of carboxylic acids is 7. The molecule has 3 rings (SSSR count). The molecule has 0 fully saturated rings. The van der Waals surface area contributed by atoms with Crippen molar-refractivity contribution in [3.05, 3.63) is 107 Å². The third-order valence-corrected chi connectivity index (χ3v) is 5.98. The Morgan fingerprint density at radius 2 is 0.769 bits per heavy atom. The van der Waals surface area contributed by atoms with Crippen LogP contribution in [0.25, 0.3) is 0 Å². The van der Waals surface area contributed by atoms with Crippen molar-refractivity contribution >= 4 is 41.8 Å². The molecule has 0 radical (unpaired) electrons. The van der Waals surface area contributed by atoms with E-state index < -0.39 is 41.8 Å². The van der Waals surface area contributed by atoms with Crippen LogP contribution in [-0.4, -0.2) is 77.5 Å². The van der Waals surface area contributed by atoms with Gasteiger partial charge in [-0.25, -0.2) is 4.79 Å². The van der Waals surface area contributed by atoms with E-state index in [9.17, 15) is 33.6 Å². The summed E-state index contributed by atoms with van der Waals surface area (Å²) < 4.78 is 0. The van der Waals surface area contributed by atoms with Gasteiger partial charge in [-0.1, -0.05) is 93.6 Å². The summed E-state index contributed by atoms with van der Waals surface area (Å²) in [5.41, 5.74) is 3.26. The molecule has 0 aromatic heterocycles. The Hall–Kier alpha value is -5.05. The SMILES string of the molecule is CC(C)(C)c1ccc(C(=O)O)cc1.O=C(O)CCC(=O)O.O=C(O)CCCCC(=O)O.O=C(O)Cc1ccccc1.O=C(O)Cc1ccccc1.[H-].[Na+]. The minimum atomic E-state index is -1.08. The number of carbonyl (C=O) groups is 7. The van der Waals surface area contributed by atoms with Gasteiger partial charge < -0.3 is 37.2 Å².